The maximum Gasteiger partial charge on any atom is 0.159 e. The Bertz CT molecular complexity index is 7370. The summed E-state index contributed by atoms with van der Waals surface area (Å²) in [6.45, 7) is 18.5. The van der Waals surface area contributed by atoms with Crippen LogP contribution in [0.1, 0.15) is 55.4 Å². The summed E-state index contributed by atoms with van der Waals surface area (Å²) in [5.74, 6) is 0.711. The number of H-pyrrole nitrogens is 1. The van der Waals surface area contributed by atoms with Crippen LogP contribution in [0, 0.1) is 0 Å². The molecule has 3 radical (unpaired) electrons. The molecule has 0 amide bonds. The topological polar surface area (TPSA) is 124 Å². The number of nitrogens with zero attached hydrogens (tertiary/aromatic N) is 8. The largest absolute Gasteiger partial charge is 0.355 e. The van der Waals surface area contributed by atoms with Gasteiger partial charge in [0.05, 0.1) is 72.2 Å². The monoisotopic (exact) mass is 2050 g/mol. The number of nitrogens with one attached hydrogen (secondary N) is 1. The van der Waals surface area contributed by atoms with Crippen molar-refractivity contribution in [3.05, 3.63) is 412 Å². The number of aromatic nitrogens is 9. The first-order valence-corrected chi connectivity index (χ1v) is 48.0. The number of rotatable bonds is 7. The van der Waals surface area contributed by atoms with Gasteiger partial charge in [0.1, 0.15) is 5.15 Å². The summed E-state index contributed by atoms with van der Waals surface area (Å²) in [4.78, 5) is 20.2. The van der Waals surface area contributed by atoms with Crippen molar-refractivity contribution in [3.8, 4) is 45.4 Å². The van der Waals surface area contributed by atoms with E-state index in [0.717, 1.165) is 52.8 Å². The van der Waals surface area contributed by atoms with Gasteiger partial charge in [0, 0.05) is 133 Å². The van der Waals surface area contributed by atoms with Crippen molar-refractivity contribution < 1.29 is 33.7 Å². The van der Waals surface area contributed by atoms with Gasteiger partial charge in [0.2, 0.25) is 5.28 Å². The minimum atomic E-state index is -0.336. The number of aromatic amines is 1. The third kappa shape index (κ3) is 20.3. The van der Waals surface area contributed by atoms with E-state index in [1.807, 2.05) is 43.4 Å². The van der Waals surface area contributed by atoms with Crippen LogP contribution in [0.5, 0.6) is 0 Å². The van der Waals surface area contributed by atoms with Crippen LogP contribution >= 0.6 is 81.1 Å². The van der Waals surface area contributed by atoms with Crippen molar-refractivity contribution in [2.45, 2.75) is 84.6 Å². The smallest absolute Gasteiger partial charge is 0.159 e. The van der Waals surface area contributed by atoms with Crippen molar-refractivity contribution in [3.63, 3.8) is 0 Å². The summed E-state index contributed by atoms with van der Waals surface area (Å²) in [6, 6.07) is 131. The van der Waals surface area contributed by atoms with Gasteiger partial charge < -0.3 is 41.9 Å². The SMILES string of the molecule is Brc1ccc(-n2c3ccccc3c3ccccc32)cc1.Brc1ccc(Br)cc1.CB1OC(C)(C)C(C)(C)O1.CC1(C)OB(c2ccc(-n3c4ccccc4c4ccccc43)cc2)OC1(C)C.Clc1ccnc(Cl)n1.[B].[Cl][Cu].c1ccc2c(c1)[nH]c1ccccc12.c1ccc2c(c1)c1ccccc1n2-c1ccc(-c2ccnc(-c3ccc(-n4c5ccccc5c5ccccc54)cc3)n2)cc1. The van der Waals surface area contributed by atoms with E-state index in [9.17, 15) is 0 Å². The maximum absolute atomic E-state index is 6.19. The number of para-hydroxylation sites is 10. The second kappa shape index (κ2) is 41.7. The van der Waals surface area contributed by atoms with Gasteiger partial charge in [0.15, 0.2) is 5.82 Å². The van der Waals surface area contributed by atoms with Crippen LogP contribution in [0.3, 0.4) is 0 Å². The molecule has 0 spiro atoms. The fraction of sp³-hybridized carbons (Fsp3) is 0.117. The fourth-order valence-corrected chi connectivity index (χ4v) is 18.2. The quantitative estimate of drug-likeness (QED) is 0.0951. The first-order valence-electron chi connectivity index (χ1n) is 43.6. The van der Waals surface area contributed by atoms with E-state index in [4.69, 9.17) is 46.8 Å². The van der Waals surface area contributed by atoms with Crippen LogP contribution in [0.2, 0.25) is 17.3 Å². The molecule has 2 fully saturated rings. The molecule has 15 aromatic carbocycles. The Morgan fingerprint density at radius 1 is 0.299 bits per heavy atom. The van der Waals surface area contributed by atoms with E-state index >= 15 is 0 Å². The molecular formula is C111H92B3Br3Cl3CuN9O4. The van der Waals surface area contributed by atoms with Gasteiger partial charge in [-0.3, -0.25) is 0 Å². The van der Waals surface area contributed by atoms with E-state index in [-0.39, 0.29) is 50.3 Å². The molecular weight excluding hydrogens is 1970 g/mol. The average molecular weight is 2060 g/mol. The Kier molecular flexibility index (Phi) is 29.7. The number of benzene rings is 15. The van der Waals surface area contributed by atoms with Crippen molar-refractivity contribution in [1.82, 2.24) is 43.2 Å². The van der Waals surface area contributed by atoms with E-state index in [0.29, 0.717) is 11.0 Å². The first kappa shape index (κ1) is 95.5. The molecule has 134 heavy (non-hydrogen) atoms. The summed E-state index contributed by atoms with van der Waals surface area (Å²) < 4.78 is 36.1. The molecule has 23 heteroatoms. The van der Waals surface area contributed by atoms with Crippen LogP contribution in [-0.2, 0) is 33.7 Å². The zero-order valence-electron chi connectivity index (χ0n) is 75.0. The van der Waals surface area contributed by atoms with Crippen LogP contribution in [0.25, 0.3) is 154 Å². The van der Waals surface area contributed by atoms with Crippen molar-refractivity contribution in [2.24, 2.45) is 0 Å². The molecule has 13 nitrogen and oxygen atoms in total. The van der Waals surface area contributed by atoms with Crippen LogP contribution in [0.15, 0.2) is 402 Å². The van der Waals surface area contributed by atoms with Gasteiger partial charge in [-0.05, 0) is 249 Å². The molecule has 0 aliphatic carbocycles. The van der Waals surface area contributed by atoms with E-state index in [1.165, 1.54) is 121 Å². The Labute approximate surface area is 830 Å². The number of hydrogen-bond acceptors (Lipinski definition) is 8. The third-order valence-corrected chi connectivity index (χ3v) is 26.7. The summed E-state index contributed by atoms with van der Waals surface area (Å²) >= 11 is 24.6. The van der Waals surface area contributed by atoms with Crippen molar-refractivity contribution in [1.29, 1.82) is 0 Å². The summed E-state index contributed by atoms with van der Waals surface area (Å²) in [5, 5.41) is 13.3. The molecule has 0 unspecified atom stereocenters. The molecule has 22 aromatic rings. The van der Waals surface area contributed by atoms with Crippen LogP contribution in [0.4, 0.5) is 0 Å². The number of halogens is 6. The Hall–Kier alpha value is -11.7. The van der Waals surface area contributed by atoms with Crippen LogP contribution < -0.4 is 5.46 Å². The molecule has 0 saturated carbocycles. The maximum atomic E-state index is 6.19. The standard InChI is InChI=1S/C40H26N4.C24H24BNO2.C18H12BrN.C12H9N.C7H15BO2.C6H4Br2.C4H2Cl2N2.B.ClH.Cu/c1-5-13-36-31(9-1)32-10-2-6-14-37(32)43(36)29-21-17-27(18-22-29)35-25-26-41-40(42-35)28-19-23-30(24-20-28)44-38-15-7-3-11-33(38)34-12-4-8-16-39(34)44;1-23(2)24(3,4)28-25(27-23)17-13-15-18(16-14-17)26-21-11-7-5-9-19(21)20-10-6-8-12-22(20)26;19-13-9-11-14(12-10-13)20-17-7-3-1-5-15(17)16-6-2-4-8-18(16)20;1-3-7-11-9(5-1)10-6-2-4-8-12(10)13-11;1-6(2)7(3,4)10-8(5)9-6;7-5-1-2-6(8)4-3-5;5-3-1-2-7-4(6)8-3;;;/h1-26H;5-16H,1-4H3;1-12H;1-8,13H;1-5H3;1-4H;1-2H;;1H;/q;;;;;;;;;+1/p-1. The predicted molar refractivity (Wildman–Crippen MR) is 570 cm³/mol. The Balaban J connectivity index is 0.000000125. The summed E-state index contributed by atoms with van der Waals surface area (Å²) in [7, 11) is 3.80. The number of hydrogen-bond donors (Lipinski definition) is 1. The molecule has 667 valence electrons. The molecule has 0 bridgehead atoms. The second-order valence-electron chi connectivity index (χ2n) is 34.1. The van der Waals surface area contributed by atoms with Crippen molar-refractivity contribution in [2.75, 3.05) is 0 Å². The second-order valence-corrected chi connectivity index (χ2v) is 37.6. The normalized spacial score (nSPS) is 13.7. The molecule has 7 aromatic heterocycles. The van der Waals surface area contributed by atoms with Gasteiger partial charge in [0.25, 0.3) is 0 Å². The van der Waals surface area contributed by atoms with Gasteiger partial charge in [-0.25, -0.2) is 19.9 Å². The molecule has 0 atom stereocenters. The van der Waals surface area contributed by atoms with Gasteiger partial charge in [-0.2, -0.15) is 0 Å². The van der Waals surface area contributed by atoms with Gasteiger partial charge >= 0.3 is 39.4 Å². The Morgan fingerprint density at radius 3 is 0.851 bits per heavy atom. The first-order chi connectivity index (χ1) is 64.4. The zero-order chi connectivity index (χ0) is 92.7. The molecule has 2 saturated heterocycles. The minimum absolute atomic E-state index is 0. The molecule has 2 aliphatic rings. The molecule has 9 heterocycles. The summed E-state index contributed by atoms with van der Waals surface area (Å²) in [6.07, 6.45) is 3.34. The predicted octanol–water partition coefficient (Wildman–Crippen LogP) is 31.0. The third-order valence-electron chi connectivity index (χ3n) is 24.7. The molecule has 24 rings (SSSR count). The van der Waals surface area contributed by atoms with Gasteiger partial charge in [-0.15, -0.1) is 0 Å². The summed E-state index contributed by atoms with van der Waals surface area (Å²) in [5.41, 5.74) is 19.7. The number of fused-ring (bicyclic) bond motifs is 15. The van der Waals surface area contributed by atoms with E-state index in [1.54, 1.807) is 6.07 Å². The average Bonchev–Trinajstić information content (AvgIpc) is 1.61. The minimum Gasteiger partial charge on any atom is -0.355 e. The fourth-order valence-electron chi connectivity index (χ4n) is 17.0. The van der Waals surface area contributed by atoms with Crippen molar-refractivity contribution >= 4 is 218 Å². The van der Waals surface area contributed by atoms with Gasteiger partial charge in [-0.1, -0.05) is 266 Å². The van der Waals surface area contributed by atoms with E-state index in [2.05, 4.69) is 506 Å². The van der Waals surface area contributed by atoms with E-state index < -0.39 is 0 Å². The zero-order valence-corrected chi connectivity index (χ0v) is 82.9. The van der Waals surface area contributed by atoms with Crippen LogP contribution in [-0.4, -0.2) is 88.2 Å². The molecule has 1 N–H and O–H groups in total. The molecule has 2 aliphatic heterocycles. The Morgan fingerprint density at radius 2 is 0.560 bits per heavy atom.